The largest absolute Gasteiger partial charge is 0.214 e. The minimum absolute atomic E-state index is 0.183. The van der Waals surface area contributed by atoms with Crippen molar-refractivity contribution in [3.63, 3.8) is 0 Å². The maximum Gasteiger partial charge on any atom is 0.214 e. The van der Waals surface area contributed by atoms with E-state index < -0.39 is 10.0 Å². The van der Waals surface area contributed by atoms with Gasteiger partial charge < -0.3 is 0 Å². The predicted molar refractivity (Wildman–Crippen MR) is 54.8 cm³/mol. The summed E-state index contributed by atoms with van der Waals surface area (Å²) in [5.41, 5.74) is 0. The van der Waals surface area contributed by atoms with Crippen molar-refractivity contribution < 1.29 is 8.42 Å². The van der Waals surface area contributed by atoms with Crippen LogP contribution in [0, 0.1) is 12.3 Å². The number of sulfonamides is 1. The van der Waals surface area contributed by atoms with E-state index in [1.54, 1.807) is 6.92 Å². The Labute approximate surface area is 81.2 Å². The highest BCUT2D eigenvalue weighted by Crippen LogP contribution is 2.03. The van der Waals surface area contributed by atoms with Gasteiger partial charge in [-0.15, -0.1) is 6.42 Å². The third kappa shape index (κ3) is 4.30. The van der Waals surface area contributed by atoms with Crippen molar-refractivity contribution in [2.24, 2.45) is 0 Å². The van der Waals surface area contributed by atoms with Crippen LogP contribution in [-0.4, -0.2) is 31.6 Å². The second-order valence-electron chi connectivity index (χ2n) is 2.80. The fourth-order valence-electron chi connectivity index (χ4n) is 0.965. The van der Waals surface area contributed by atoms with Gasteiger partial charge >= 0.3 is 0 Å². The normalized spacial score (nSPS) is 11.5. The zero-order chi connectivity index (χ0) is 10.3. The average Bonchev–Trinajstić information content (AvgIpc) is 2.10. The Morgan fingerprint density at radius 3 is 2.38 bits per heavy atom. The van der Waals surface area contributed by atoms with Gasteiger partial charge in [-0.25, -0.2) is 8.42 Å². The van der Waals surface area contributed by atoms with Crippen LogP contribution < -0.4 is 0 Å². The van der Waals surface area contributed by atoms with Gasteiger partial charge in [0.1, 0.15) is 0 Å². The van der Waals surface area contributed by atoms with Gasteiger partial charge in [-0.1, -0.05) is 26.2 Å². The van der Waals surface area contributed by atoms with Crippen molar-refractivity contribution >= 4 is 10.0 Å². The topological polar surface area (TPSA) is 37.4 Å². The second-order valence-corrected chi connectivity index (χ2v) is 4.89. The molecule has 0 aliphatic carbocycles. The number of nitrogens with zero attached hydrogens (tertiary/aromatic N) is 1. The van der Waals surface area contributed by atoms with Crippen molar-refractivity contribution in [2.75, 3.05) is 18.8 Å². The van der Waals surface area contributed by atoms with Gasteiger partial charge in [-0.2, -0.15) is 4.31 Å². The van der Waals surface area contributed by atoms with Crippen molar-refractivity contribution in [3.8, 4) is 12.3 Å². The number of terminal acetylenes is 1. The minimum Gasteiger partial charge on any atom is -0.212 e. The Hall–Kier alpha value is -0.530. The molecule has 0 fully saturated rings. The summed E-state index contributed by atoms with van der Waals surface area (Å²) >= 11 is 0. The zero-order valence-corrected chi connectivity index (χ0v) is 9.10. The monoisotopic (exact) mass is 203 g/mol. The summed E-state index contributed by atoms with van der Waals surface area (Å²) < 4.78 is 24.4. The number of hydrogen-bond donors (Lipinski definition) is 0. The van der Waals surface area contributed by atoms with E-state index in [2.05, 4.69) is 5.92 Å². The molecule has 0 aliphatic rings. The highest BCUT2D eigenvalue weighted by atomic mass is 32.2. The van der Waals surface area contributed by atoms with Gasteiger partial charge in [0.15, 0.2) is 0 Å². The Kier molecular flexibility index (Phi) is 5.76. The fourth-order valence-corrected chi connectivity index (χ4v) is 2.54. The molecule has 4 heteroatoms. The first-order chi connectivity index (χ1) is 6.08. The van der Waals surface area contributed by atoms with E-state index >= 15 is 0 Å². The first kappa shape index (κ1) is 12.5. The fraction of sp³-hybridized carbons (Fsp3) is 0.778. The molecular formula is C9H17NO2S. The molecule has 0 saturated heterocycles. The molecule has 0 bridgehead atoms. The Bertz CT molecular complexity index is 264. The van der Waals surface area contributed by atoms with Crippen LogP contribution >= 0.6 is 0 Å². The summed E-state index contributed by atoms with van der Waals surface area (Å²) in [6, 6.07) is 0. The highest BCUT2D eigenvalue weighted by molar-refractivity contribution is 7.89. The van der Waals surface area contributed by atoms with E-state index in [0.29, 0.717) is 13.0 Å². The molecular weight excluding hydrogens is 186 g/mol. The quantitative estimate of drug-likeness (QED) is 0.606. The maximum atomic E-state index is 11.5. The predicted octanol–water partition coefficient (Wildman–Crippen LogP) is 1.07. The number of unbranched alkanes of at least 4 members (excludes halogenated alkanes) is 1. The maximum absolute atomic E-state index is 11.5. The van der Waals surface area contributed by atoms with Gasteiger partial charge in [0.25, 0.3) is 0 Å². The molecule has 0 atom stereocenters. The molecule has 0 amide bonds. The third-order valence-electron chi connectivity index (χ3n) is 1.77. The van der Waals surface area contributed by atoms with Crippen LogP contribution in [0.4, 0.5) is 0 Å². The van der Waals surface area contributed by atoms with E-state index in [9.17, 15) is 8.42 Å². The Morgan fingerprint density at radius 1 is 1.38 bits per heavy atom. The molecule has 0 aliphatic heterocycles. The minimum atomic E-state index is -3.11. The average molecular weight is 203 g/mol. The summed E-state index contributed by atoms with van der Waals surface area (Å²) in [5.74, 6) is 2.56. The van der Waals surface area contributed by atoms with E-state index in [4.69, 9.17) is 6.42 Å². The molecule has 0 heterocycles. The van der Waals surface area contributed by atoms with Crippen LogP contribution in [0.15, 0.2) is 0 Å². The molecule has 0 spiro atoms. The standard InChI is InChI=1S/C9H17NO2S/c1-4-7-9-13(11,12)10(6-3)8-5-2/h2H,4,6-9H2,1,3H3. The van der Waals surface area contributed by atoms with Gasteiger partial charge in [0.2, 0.25) is 10.0 Å². The van der Waals surface area contributed by atoms with Crippen LogP contribution in [0.1, 0.15) is 26.7 Å². The van der Waals surface area contributed by atoms with Crippen LogP contribution in [-0.2, 0) is 10.0 Å². The SMILES string of the molecule is C#CCN(CC)S(=O)(=O)CCCC. The van der Waals surface area contributed by atoms with Gasteiger partial charge in [-0.3, -0.25) is 0 Å². The molecule has 76 valence electrons. The summed E-state index contributed by atoms with van der Waals surface area (Å²) in [7, 11) is -3.11. The number of rotatable bonds is 6. The highest BCUT2D eigenvalue weighted by Gasteiger charge is 2.17. The van der Waals surface area contributed by atoms with Crippen LogP contribution in [0.3, 0.4) is 0 Å². The third-order valence-corrected chi connectivity index (χ3v) is 3.75. The molecule has 13 heavy (non-hydrogen) atoms. The Balaban J connectivity index is 4.32. The van der Waals surface area contributed by atoms with Crippen LogP contribution in [0.2, 0.25) is 0 Å². The summed E-state index contributed by atoms with van der Waals surface area (Å²) in [6.07, 6.45) is 6.65. The first-order valence-corrected chi connectivity index (χ1v) is 6.10. The molecule has 0 aromatic carbocycles. The zero-order valence-electron chi connectivity index (χ0n) is 8.28. The molecule has 0 aromatic rings. The van der Waals surface area contributed by atoms with Crippen molar-refractivity contribution in [1.82, 2.24) is 4.31 Å². The first-order valence-electron chi connectivity index (χ1n) is 4.49. The smallest absolute Gasteiger partial charge is 0.212 e. The van der Waals surface area contributed by atoms with E-state index in [1.165, 1.54) is 4.31 Å². The Morgan fingerprint density at radius 2 is 2.00 bits per heavy atom. The van der Waals surface area contributed by atoms with Crippen molar-refractivity contribution in [2.45, 2.75) is 26.7 Å². The summed E-state index contributed by atoms with van der Waals surface area (Å²) in [6.45, 7) is 4.40. The van der Waals surface area contributed by atoms with Crippen molar-refractivity contribution in [3.05, 3.63) is 0 Å². The molecule has 0 unspecified atom stereocenters. The lowest BCUT2D eigenvalue weighted by Gasteiger charge is -2.17. The lowest BCUT2D eigenvalue weighted by molar-refractivity contribution is 0.462. The van der Waals surface area contributed by atoms with Gasteiger partial charge in [0.05, 0.1) is 12.3 Å². The lowest BCUT2D eigenvalue weighted by Crippen LogP contribution is -2.33. The van der Waals surface area contributed by atoms with Crippen LogP contribution in [0.25, 0.3) is 0 Å². The van der Waals surface area contributed by atoms with E-state index in [0.717, 1.165) is 6.42 Å². The summed E-state index contributed by atoms with van der Waals surface area (Å²) in [5, 5.41) is 0. The molecule has 3 nitrogen and oxygen atoms in total. The molecule has 0 rings (SSSR count). The van der Waals surface area contributed by atoms with Gasteiger partial charge in [0, 0.05) is 6.54 Å². The van der Waals surface area contributed by atoms with E-state index in [1.807, 2.05) is 6.92 Å². The van der Waals surface area contributed by atoms with Crippen LogP contribution in [0.5, 0.6) is 0 Å². The lowest BCUT2D eigenvalue weighted by atomic mass is 10.4. The molecule has 0 radical (unpaired) electrons. The summed E-state index contributed by atoms with van der Waals surface area (Å²) in [4.78, 5) is 0. The second kappa shape index (κ2) is 6.01. The molecule has 0 aromatic heterocycles. The van der Waals surface area contributed by atoms with Crippen molar-refractivity contribution in [1.29, 1.82) is 0 Å². The number of hydrogen-bond acceptors (Lipinski definition) is 2. The molecule has 0 N–H and O–H groups in total. The van der Waals surface area contributed by atoms with E-state index in [-0.39, 0.29) is 12.3 Å². The molecule has 0 saturated carbocycles. The van der Waals surface area contributed by atoms with Gasteiger partial charge in [-0.05, 0) is 6.42 Å².